The molecular formula is C13H15NO2. The van der Waals surface area contributed by atoms with E-state index in [2.05, 4.69) is 17.1 Å². The summed E-state index contributed by atoms with van der Waals surface area (Å²) in [5.74, 6) is 0. The number of nitrogens with zero attached hydrogens (tertiary/aromatic N) is 1. The minimum absolute atomic E-state index is 0.526. The zero-order valence-electron chi connectivity index (χ0n) is 9.56. The van der Waals surface area contributed by atoms with Crippen molar-refractivity contribution in [2.24, 2.45) is 0 Å². The van der Waals surface area contributed by atoms with Gasteiger partial charge in [0.15, 0.2) is 0 Å². The summed E-state index contributed by atoms with van der Waals surface area (Å²) in [5, 5.41) is 2.32. The summed E-state index contributed by atoms with van der Waals surface area (Å²) in [6.45, 7) is 1.12. The first kappa shape index (κ1) is 11.0. The Morgan fingerprint density at radius 1 is 1.06 bits per heavy atom. The van der Waals surface area contributed by atoms with Crippen LogP contribution in [0.1, 0.15) is 11.3 Å². The highest BCUT2D eigenvalue weighted by Gasteiger charge is 2.06. The highest BCUT2D eigenvalue weighted by molar-refractivity contribution is 5.87. The van der Waals surface area contributed by atoms with E-state index in [0.717, 1.165) is 16.6 Å². The van der Waals surface area contributed by atoms with Crippen LogP contribution in [0, 0.1) is 0 Å². The molecule has 0 aliphatic rings. The Kier molecular flexibility index (Phi) is 3.49. The van der Waals surface area contributed by atoms with Gasteiger partial charge in [-0.05, 0) is 17.0 Å². The van der Waals surface area contributed by atoms with Crippen LogP contribution >= 0.6 is 0 Å². The predicted octanol–water partition coefficient (Wildman–Crippen LogP) is 2.53. The summed E-state index contributed by atoms with van der Waals surface area (Å²) < 4.78 is 10.4. The van der Waals surface area contributed by atoms with Crippen molar-refractivity contribution in [1.29, 1.82) is 0 Å². The maximum absolute atomic E-state index is 5.20. The number of benzene rings is 1. The Hall–Kier alpha value is -1.45. The summed E-state index contributed by atoms with van der Waals surface area (Å²) >= 11 is 0. The summed E-state index contributed by atoms with van der Waals surface area (Å²) in [5.41, 5.74) is 2.12. The molecule has 0 amide bonds. The van der Waals surface area contributed by atoms with E-state index in [1.807, 2.05) is 18.3 Å². The van der Waals surface area contributed by atoms with Gasteiger partial charge in [0.05, 0.1) is 18.9 Å². The Labute approximate surface area is 95.0 Å². The first-order valence-electron chi connectivity index (χ1n) is 5.20. The molecule has 84 valence electrons. The van der Waals surface area contributed by atoms with Gasteiger partial charge in [-0.1, -0.05) is 18.2 Å². The van der Waals surface area contributed by atoms with E-state index < -0.39 is 0 Å². The molecule has 0 radical (unpaired) electrons. The third-order valence-corrected chi connectivity index (χ3v) is 2.54. The molecule has 0 unspecified atom stereocenters. The fourth-order valence-corrected chi connectivity index (χ4v) is 1.90. The van der Waals surface area contributed by atoms with Gasteiger partial charge in [0, 0.05) is 25.8 Å². The topological polar surface area (TPSA) is 31.4 Å². The SMILES string of the molecule is COCc1cccc2ccnc(COC)c12. The van der Waals surface area contributed by atoms with E-state index >= 15 is 0 Å². The maximum Gasteiger partial charge on any atom is 0.0890 e. The quantitative estimate of drug-likeness (QED) is 0.788. The Bertz CT molecular complexity index is 442. The molecule has 0 saturated heterocycles. The number of rotatable bonds is 4. The fourth-order valence-electron chi connectivity index (χ4n) is 1.90. The van der Waals surface area contributed by atoms with Crippen LogP contribution in [0.4, 0.5) is 0 Å². The van der Waals surface area contributed by atoms with Gasteiger partial charge in [0.1, 0.15) is 0 Å². The second kappa shape index (κ2) is 5.05. The molecule has 1 aromatic heterocycles. The summed E-state index contributed by atoms with van der Waals surface area (Å²) in [4.78, 5) is 4.36. The van der Waals surface area contributed by atoms with Crippen LogP contribution in [-0.4, -0.2) is 19.2 Å². The third kappa shape index (κ3) is 2.05. The molecule has 3 nitrogen and oxygen atoms in total. The first-order chi connectivity index (χ1) is 7.86. The molecule has 2 rings (SSSR count). The van der Waals surface area contributed by atoms with Gasteiger partial charge in [0.25, 0.3) is 0 Å². The standard InChI is InChI=1S/C13H15NO2/c1-15-8-11-5-3-4-10-6-7-14-12(9-16-2)13(10)11/h3-7H,8-9H2,1-2H3. The van der Waals surface area contributed by atoms with Crippen molar-refractivity contribution in [2.45, 2.75) is 13.2 Å². The lowest BCUT2D eigenvalue weighted by Crippen LogP contribution is -1.98. The highest BCUT2D eigenvalue weighted by Crippen LogP contribution is 2.22. The summed E-state index contributed by atoms with van der Waals surface area (Å²) in [6.07, 6.45) is 1.81. The molecule has 0 N–H and O–H groups in total. The maximum atomic E-state index is 5.20. The van der Waals surface area contributed by atoms with E-state index in [1.165, 1.54) is 5.39 Å². The van der Waals surface area contributed by atoms with Crippen molar-refractivity contribution in [3.05, 3.63) is 41.7 Å². The lowest BCUT2D eigenvalue weighted by Gasteiger charge is -2.09. The Morgan fingerprint density at radius 2 is 1.88 bits per heavy atom. The van der Waals surface area contributed by atoms with Crippen LogP contribution in [-0.2, 0) is 22.7 Å². The second-order valence-electron chi connectivity index (χ2n) is 3.64. The van der Waals surface area contributed by atoms with Gasteiger partial charge in [-0.25, -0.2) is 0 Å². The van der Waals surface area contributed by atoms with E-state index in [0.29, 0.717) is 13.2 Å². The monoisotopic (exact) mass is 217 g/mol. The normalized spacial score (nSPS) is 10.9. The number of pyridine rings is 1. The van der Waals surface area contributed by atoms with Crippen LogP contribution in [0.15, 0.2) is 30.5 Å². The zero-order valence-corrected chi connectivity index (χ0v) is 9.56. The van der Waals surface area contributed by atoms with Crippen LogP contribution in [0.25, 0.3) is 10.8 Å². The number of hydrogen-bond donors (Lipinski definition) is 0. The van der Waals surface area contributed by atoms with Crippen molar-refractivity contribution < 1.29 is 9.47 Å². The van der Waals surface area contributed by atoms with Gasteiger partial charge < -0.3 is 9.47 Å². The molecule has 0 atom stereocenters. The average Bonchev–Trinajstić information content (AvgIpc) is 2.30. The summed E-state index contributed by atoms with van der Waals surface area (Å²) in [7, 11) is 3.38. The van der Waals surface area contributed by atoms with Crippen LogP contribution in [0.5, 0.6) is 0 Å². The predicted molar refractivity (Wildman–Crippen MR) is 63.2 cm³/mol. The zero-order chi connectivity index (χ0) is 11.4. The molecule has 2 aromatic rings. The van der Waals surface area contributed by atoms with Crippen molar-refractivity contribution in [2.75, 3.05) is 14.2 Å². The van der Waals surface area contributed by atoms with Gasteiger partial charge in [-0.2, -0.15) is 0 Å². The second-order valence-corrected chi connectivity index (χ2v) is 3.64. The largest absolute Gasteiger partial charge is 0.380 e. The molecule has 0 saturated carbocycles. The van der Waals surface area contributed by atoms with E-state index in [1.54, 1.807) is 14.2 Å². The molecule has 1 heterocycles. The van der Waals surface area contributed by atoms with Crippen LogP contribution in [0.2, 0.25) is 0 Å². The molecule has 0 fully saturated rings. The molecule has 0 spiro atoms. The molecule has 1 aromatic carbocycles. The van der Waals surface area contributed by atoms with Crippen LogP contribution in [0.3, 0.4) is 0 Å². The molecular weight excluding hydrogens is 202 g/mol. The molecule has 0 aliphatic carbocycles. The van der Waals surface area contributed by atoms with Crippen molar-refractivity contribution in [1.82, 2.24) is 4.98 Å². The molecule has 16 heavy (non-hydrogen) atoms. The van der Waals surface area contributed by atoms with Gasteiger partial charge in [-0.15, -0.1) is 0 Å². The number of ether oxygens (including phenoxy) is 2. The highest BCUT2D eigenvalue weighted by atomic mass is 16.5. The van der Waals surface area contributed by atoms with E-state index in [9.17, 15) is 0 Å². The third-order valence-electron chi connectivity index (χ3n) is 2.54. The van der Waals surface area contributed by atoms with Gasteiger partial charge in [-0.3, -0.25) is 4.98 Å². The summed E-state index contributed by atoms with van der Waals surface area (Å²) in [6, 6.07) is 8.18. The van der Waals surface area contributed by atoms with Crippen molar-refractivity contribution in [3.63, 3.8) is 0 Å². The van der Waals surface area contributed by atoms with Crippen molar-refractivity contribution in [3.8, 4) is 0 Å². The molecule has 3 heteroatoms. The first-order valence-corrected chi connectivity index (χ1v) is 5.20. The Morgan fingerprint density at radius 3 is 2.62 bits per heavy atom. The number of fused-ring (bicyclic) bond motifs is 1. The molecule has 0 bridgehead atoms. The number of aromatic nitrogens is 1. The smallest absolute Gasteiger partial charge is 0.0890 e. The average molecular weight is 217 g/mol. The minimum atomic E-state index is 0.526. The minimum Gasteiger partial charge on any atom is -0.380 e. The van der Waals surface area contributed by atoms with Crippen molar-refractivity contribution >= 4 is 10.8 Å². The lowest BCUT2D eigenvalue weighted by atomic mass is 10.0. The number of hydrogen-bond acceptors (Lipinski definition) is 3. The van der Waals surface area contributed by atoms with E-state index in [-0.39, 0.29) is 0 Å². The van der Waals surface area contributed by atoms with Gasteiger partial charge >= 0.3 is 0 Å². The fraction of sp³-hybridized carbons (Fsp3) is 0.308. The van der Waals surface area contributed by atoms with Crippen LogP contribution < -0.4 is 0 Å². The van der Waals surface area contributed by atoms with E-state index in [4.69, 9.17) is 9.47 Å². The Balaban J connectivity index is 2.61. The number of methoxy groups -OCH3 is 2. The molecule has 0 aliphatic heterocycles. The lowest BCUT2D eigenvalue weighted by molar-refractivity contribution is 0.180. The van der Waals surface area contributed by atoms with Gasteiger partial charge in [0.2, 0.25) is 0 Å².